The van der Waals surface area contributed by atoms with Crippen LogP contribution in [0.2, 0.25) is 5.02 Å². The number of aromatic nitrogens is 1. The van der Waals surface area contributed by atoms with Crippen molar-refractivity contribution in [3.8, 4) is 0 Å². The number of hydrogen-bond acceptors (Lipinski definition) is 4. The molecule has 22 heavy (non-hydrogen) atoms. The van der Waals surface area contributed by atoms with E-state index in [0.29, 0.717) is 11.6 Å². The first-order chi connectivity index (χ1) is 10.7. The summed E-state index contributed by atoms with van der Waals surface area (Å²) in [6.45, 7) is 3.07. The van der Waals surface area contributed by atoms with Crippen LogP contribution in [0.1, 0.15) is 12.8 Å². The molecule has 2 N–H and O–H groups in total. The molecule has 3 heterocycles. The van der Waals surface area contributed by atoms with E-state index in [-0.39, 0.29) is 24.6 Å². The highest BCUT2D eigenvalue weighted by Crippen LogP contribution is 2.26. The lowest BCUT2D eigenvalue weighted by atomic mass is 10.1. The Hall–Kier alpha value is -1.53. The number of halogens is 1. The highest BCUT2D eigenvalue weighted by atomic mass is 35.5. The molecule has 120 valence electrons. The number of rotatable bonds is 3. The summed E-state index contributed by atoms with van der Waals surface area (Å²) in [6, 6.07) is 3.72. The van der Waals surface area contributed by atoms with Crippen LogP contribution in [0.25, 0.3) is 0 Å². The molecule has 0 bridgehead atoms. The number of carbonyl (C=O) groups is 1. The van der Waals surface area contributed by atoms with Gasteiger partial charge in [-0.3, -0.25) is 0 Å². The summed E-state index contributed by atoms with van der Waals surface area (Å²) < 4.78 is 0. The van der Waals surface area contributed by atoms with Gasteiger partial charge in [0.25, 0.3) is 0 Å². The number of anilines is 1. The zero-order chi connectivity index (χ0) is 15.5. The second-order valence-electron chi connectivity index (χ2n) is 5.97. The molecule has 6 nitrogen and oxygen atoms in total. The minimum absolute atomic E-state index is 0.0325. The van der Waals surface area contributed by atoms with Gasteiger partial charge in [-0.05, 0) is 25.0 Å². The van der Waals surface area contributed by atoms with Gasteiger partial charge in [0.2, 0.25) is 0 Å². The van der Waals surface area contributed by atoms with Crippen LogP contribution >= 0.6 is 11.6 Å². The number of aliphatic hydroxyl groups excluding tert-OH is 1. The predicted octanol–water partition coefficient (Wildman–Crippen LogP) is 1.34. The van der Waals surface area contributed by atoms with Crippen LogP contribution in [0, 0.1) is 5.92 Å². The van der Waals surface area contributed by atoms with E-state index in [4.69, 9.17) is 16.7 Å². The number of hydrogen-bond donors (Lipinski definition) is 2. The molecular weight excluding hydrogens is 304 g/mol. The van der Waals surface area contributed by atoms with Crippen LogP contribution in [-0.4, -0.2) is 59.8 Å². The Bertz CT molecular complexity index is 542. The van der Waals surface area contributed by atoms with Gasteiger partial charge in [-0.2, -0.15) is 0 Å². The van der Waals surface area contributed by atoms with Crippen LogP contribution in [0.15, 0.2) is 18.3 Å². The van der Waals surface area contributed by atoms with E-state index in [0.717, 1.165) is 38.3 Å². The quantitative estimate of drug-likeness (QED) is 0.880. The third-order valence-corrected chi connectivity index (χ3v) is 4.68. The first-order valence-electron chi connectivity index (χ1n) is 7.69. The summed E-state index contributed by atoms with van der Waals surface area (Å²) in [5.74, 6) is 1.00. The molecule has 7 heteroatoms. The minimum atomic E-state index is -0.0325. The SMILES string of the molecule is O=C(NC1CCN(c2ncccc2Cl)C1)N1CCC(CO)C1. The lowest BCUT2D eigenvalue weighted by Crippen LogP contribution is -2.45. The second kappa shape index (κ2) is 6.71. The van der Waals surface area contributed by atoms with Crippen LogP contribution in [-0.2, 0) is 0 Å². The van der Waals surface area contributed by atoms with Crippen LogP contribution in [0.5, 0.6) is 0 Å². The van der Waals surface area contributed by atoms with Crippen molar-refractivity contribution in [1.29, 1.82) is 0 Å². The molecule has 0 spiro atoms. The van der Waals surface area contributed by atoms with E-state index in [1.165, 1.54) is 0 Å². The van der Waals surface area contributed by atoms with E-state index >= 15 is 0 Å². The Morgan fingerprint density at radius 1 is 1.41 bits per heavy atom. The van der Waals surface area contributed by atoms with Crippen LogP contribution < -0.4 is 10.2 Å². The Morgan fingerprint density at radius 2 is 2.27 bits per heavy atom. The first-order valence-corrected chi connectivity index (χ1v) is 8.07. The topological polar surface area (TPSA) is 68.7 Å². The summed E-state index contributed by atoms with van der Waals surface area (Å²) in [4.78, 5) is 20.5. The minimum Gasteiger partial charge on any atom is -0.396 e. The van der Waals surface area contributed by atoms with Crippen molar-refractivity contribution in [2.75, 3.05) is 37.7 Å². The van der Waals surface area contributed by atoms with E-state index < -0.39 is 0 Å². The van der Waals surface area contributed by atoms with Gasteiger partial charge in [-0.15, -0.1) is 0 Å². The molecule has 2 saturated heterocycles. The molecule has 3 rings (SSSR count). The zero-order valence-electron chi connectivity index (χ0n) is 12.4. The van der Waals surface area contributed by atoms with Gasteiger partial charge in [0.1, 0.15) is 5.82 Å². The molecule has 1 aromatic rings. The van der Waals surface area contributed by atoms with Crippen LogP contribution in [0.3, 0.4) is 0 Å². The van der Waals surface area contributed by atoms with Crippen molar-refractivity contribution < 1.29 is 9.90 Å². The molecule has 0 aromatic carbocycles. The summed E-state index contributed by atoms with van der Waals surface area (Å²) in [7, 11) is 0. The molecule has 2 amide bonds. The second-order valence-corrected chi connectivity index (χ2v) is 6.38. The largest absolute Gasteiger partial charge is 0.396 e. The van der Waals surface area contributed by atoms with Gasteiger partial charge in [0.05, 0.1) is 5.02 Å². The van der Waals surface area contributed by atoms with Gasteiger partial charge in [-0.25, -0.2) is 9.78 Å². The maximum absolute atomic E-state index is 12.2. The lowest BCUT2D eigenvalue weighted by molar-refractivity contribution is 0.195. The van der Waals surface area contributed by atoms with Gasteiger partial charge in [0.15, 0.2) is 0 Å². The summed E-state index contributed by atoms with van der Waals surface area (Å²) in [5.41, 5.74) is 0. The number of nitrogens with zero attached hydrogens (tertiary/aromatic N) is 3. The fourth-order valence-corrected chi connectivity index (χ4v) is 3.35. The third kappa shape index (κ3) is 3.28. The average Bonchev–Trinajstić information content (AvgIpc) is 3.16. The van der Waals surface area contributed by atoms with Gasteiger partial charge >= 0.3 is 6.03 Å². The van der Waals surface area contributed by atoms with E-state index in [9.17, 15) is 4.79 Å². The monoisotopic (exact) mass is 324 g/mol. The number of urea groups is 1. The Balaban J connectivity index is 1.53. The number of likely N-dealkylation sites (tertiary alicyclic amines) is 1. The molecule has 0 saturated carbocycles. The summed E-state index contributed by atoms with van der Waals surface area (Å²) in [5, 5.41) is 12.9. The smallest absolute Gasteiger partial charge is 0.317 e. The first kappa shape index (κ1) is 15.4. The number of aliphatic hydroxyl groups is 1. The number of nitrogens with one attached hydrogen (secondary N) is 1. The fourth-order valence-electron chi connectivity index (χ4n) is 3.11. The van der Waals surface area contributed by atoms with Crippen molar-refractivity contribution in [1.82, 2.24) is 15.2 Å². The number of carbonyl (C=O) groups excluding carboxylic acids is 1. The Labute approximate surface area is 135 Å². The van der Waals surface area contributed by atoms with Gasteiger partial charge in [0, 0.05) is 50.9 Å². The molecule has 1 aromatic heterocycles. The third-order valence-electron chi connectivity index (χ3n) is 4.39. The normalized spacial score (nSPS) is 24.8. The lowest BCUT2D eigenvalue weighted by Gasteiger charge is -2.22. The zero-order valence-corrected chi connectivity index (χ0v) is 13.2. The maximum atomic E-state index is 12.2. The molecule has 0 aliphatic carbocycles. The van der Waals surface area contributed by atoms with Crippen molar-refractivity contribution in [3.63, 3.8) is 0 Å². The van der Waals surface area contributed by atoms with Crippen molar-refractivity contribution in [2.24, 2.45) is 5.92 Å². The van der Waals surface area contributed by atoms with Crippen molar-refractivity contribution in [3.05, 3.63) is 23.4 Å². The molecule has 2 atom stereocenters. The molecule has 2 aliphatic rings. The molecule has 0 radical (unpaired) electrons. The number of pyridine rings is 1. The van der Waals surface area contributed by atoms with Gasteiger partial charge < -0.3 is 20.2 Å². The highest BCUT2D eigenvalue weighted by Gasteiger charge is 2.30. The maximum Gasteiger partial charge on any atom is 0.317 e. The van der Waals surface area contributed by atoms with E-state index in [1.54, 1.807) is 11.1 Å². The summed E-state index contributed by atoms with van der Waals surface area (Å²) >= 11 is 6.17. The Morgan fingerprint density at radius 3 is 3.00 bits per heavy atom. The highest BCUT2D eigenvalue weighted by molar-refractivity contribution is 6.32. The van der Waals surface area contributed by atoms with Crippen molar-refractivity contribution in [2.45, 2.75) is 18.9 Å². The fraction of sp³-hybridized carbons (Fsp3) is 0.600. The molecular formula is C15H21ClN4O2. The number of amides is 2. The molecule has 2 aliphatic heterocycles. The predicted molar refractivity (Wildman–Crippen MR) is 85.2 cm³/mol. The Kier molecular flexibility index (Phi) is 4.69. The van der Waals surface area contributed by atoms with E-state index in [1.807, 2.05) is 12.1 Å². The van der Waals surface area contributed by atoms with Gasteiger partial charge in [-0.1, -0.05) is 11.6 Å². The van der Waals surface area contributed by atoms with Crippen LogP contribution in [0.4, 0.5) is 10.6 Å². The average molecular weight is 325 g/mol. The molecule has 2 fully saturated rings. The summed E-state index contributed by atoms with van der Waals surface area (Å²) in [6.07, 6.45) is 3.49. The standard InChI is InChI=1S/C15H21ClN4O2/c16-13-2-1-5-17-14(13)19-7-4-12(9-19)18-15(22)20-6-3-11(8-20)10-21/h1-2,5,11-12,21H,3-4,6-10H2,(H,18,22). The van der Waals surface area contributed by atoms with E-state index in [2.05, 4.69) is 15.2 Å². The molecule has 2 unspecified atom stereocenters. The van der Waals surface area contributed by atoms with Crippen molar-refractivity contribution >= 4 is 23.4 Å².